The maximum absolute atomic E-state index is 5.92. The van der Waals surface area contributed by atoms with Crippen LogP contribution in [-0.2, 0) is 9.47 Å². The number of piperidine rings is 1. The molecule has 1 aromatic rings. The van der Waals surface area contributed by atoms with E-state index in [0.29, 0.717) is 24.6 Å². The average Bonchev–Trinajstić information content (AvgIpc) is 2.55. The minimum Gasteiger partial charge on any atom is -0.342 e. The molecule has 1 aliphatic heterocycles. The van der Waals surface area contributed by atoms with Crippen molar-refractivity contribution in [3.8, 4) is 11.8 Å². The number of rotatable bonds is 6. The van der Waals surface area contributed by atoms with Crippen LogP contribution >= 0.6 is 11.6 Å². The van der Waals surface area contributed by atoms with E-state index in [4.69, 9.17) is 21.1 Å². The fraction of sp³-hybridized carbons (Fsp3) is 0.625. The van der Waals surface area contributed by atoms with Crippen LogP contribution in [0.3, 0.4) is 0 Å². The van der Waals surface area contributed by atoms with Gasteiger partial charge in [-0.2, -0.15) is 4.98 Å². The number of hydrogen-bond acceptors (Lipinski definition) is 6. The van der Waals surface area contributed by atoms with Gasteiger partial charge in [0, 0.05) is 32.5 Å². The number of ether oxygens (including phenoxy) is 2. The van der Waals surface area contributed by atoms with Crippen molar-refractivity contribution in [3.05, 3.63) is 17.0 Å². The number of hydrogen-bond donors (Lipinski definition) is 1. The van der Waals surface area contributed by atoms with Gasteiger partial charge < -0.3 is 14.9 Å². The van der Waals surface area contributed by atoms with Crippen LogP contribution in [0.2, 0.25) is 5.28 Å². The Kier molecular flexibility index (Phi) is 7.56. The van der Waals surface area contributed by atoms with Crippen molar-refractivity contribution in [2.24, 2.45) is 0 Å². The fourth-order valence-electron chi connectivity index (χ4n) is 2.26. The SMILES string of the molecule is CCOC(C#Cc1cnc(Cl)nc1NN1CCCCC1)OCC. The Hall–Kier alpha value is -1.39. The standard InChI is InChI=1S/C16H23ClN4O2/c1-3-22-14(23-4-2)9-8-13-12-18-16(17)19-15(13)20-21-10-6-5-7-11-21/h12,14H,3-7,10-11H2,1-2H3,(H,18,19,20). The fourth-order valence-corrected chi connectivity index (χ4v) is 2.40. The minimum atomic E-state index is -0.552. The average molecular weight is 339 g/mol. The normalized spacial score (nSPS) is 15.3. The Morgan fingerprint density at radius 3 is 2.61 bits per heavy atom. The minimum absolute atomic E-state index is 0.196. The first-order valence-electron chi connectivity index (χ1n) is 8.01. The maximum atomic E-state index is 5.92. The highest BCUT2D eigenvalue weighted by molar-refractivity contribution is 6.28. The first-order chi connectivity index (χ1) is 11.2. The smallest absolute Gasteiger partial charge is 0.224 e. The second kappa shape index (κ2) is 9.68. The van der Waals surface area contributed by atoms with Crippen molar-refractivity contribution >= 4 is 17.4 Å². The molecule has 0 unspecified atom stereocenters. The summed E-state index contributed by atoms with van der Waals surface area (Å²) in [5.41, 5.74) is 3.96. The van der Waals surface area contributed by atoms with E-state index in [1.54, 1.807) is 6.20 Å². The topological polar surface area (TPSA) is 59.5 Å². The van der Waals surface area contributed by atoms with Crippen LogP contribution < -0.4 is 5.43 Å². The molecule has 2 rings (SSSR count). The number of hydrazine groups is 1. The summed E-state index contributed by atoms with van der Waals surface area (Å²) in [5, 5.41) is 2.33. The monoisotopic (exact) mass is 338 g/mol. The van der Waals surface area contributed by atoms with Crippen LogP contribution in [0.5, 0.6) is 0 Å². The zero-order valence-corrected chi connectivity index (χ0v) is 14.4. The lowest BCUT2D eigenvalue weighted by molar-refractivity contribution is -0.0969. The molecule has 0 spiro atoms. The van der Waals surface area contributed by atoms with Crippen LogP contribution in [0.1, 0.15) is 38.7 Å². The Morgan fingerprint density at radius 1 is 1.26 bits per heavy atom. The highest BCUT2D eigenvalue weighted by Crippen LogP contribution is 2.16. The zero-order chi connectivity index (χ0) is 16.5. The molecule has 2 heterocycles. The number of anilines is 1. The largest absolute Gasteiger partial charge is 0.342 e. The van der Waals surface area contributed by atoms with E-state index in [1.807, 2.05) is 13.8 Å². The Morgan fingerprint density at radius 2 is 1.96 bits per heavy atom. The number of nitrogens with zero attached hydrogens (tertiary/aromatic N) is 3. The first-order valence-corrected chi connectivity index (χ1v) is 8.39. The van der Waals surface area contributed by atoms with Gasteiger partial charge in [-0.3, -0.25) is 0 Å². The third-order valence-electron chi connectivity index (χ3n) is 3.34. The number of nitrogens with one attached hydrogen (secondary N) is 1. The van der Waals surface area contributed by atoms with Crippen LogP contribution in [0.4, 0.5) is 5.82 Å². The van der Waals surface area contributed by atoms with Gasteiger partial charge in [0.05, 0.1) is 5.56 Å². The third-order valence-corrected chi connectivity index (χ3v) is 3.52. The molecule has 0 saturated carbocycles. The molecule has 1 fully saturated rings. The number of aromatic nitrogens is 2. The van der Waals surface area contributed by atoms with Gasteiger partial charge in [-0.05, 0) is 44.2 Å². The van der Waals surface area contributed by atoms with Crippen molar-refractivity contribution in [2.45, 2.75) is 39.4 Å². The molecular weight excluding hydrogens is 316 g/mol. The molecule has 0 bridgehead atoms. The lowest BCUT2D eigenvalue weighted by Crippen LogP contribution is -2.35. The lowest BCUT2D eigenvalue weighted by Gasteiger charge is -2.27. The highest BCUT2D eigenvalue weighted by atomic mass is 35.5. The zero-order valence-electron chi connectivity index (χ0n) is 13.6. The molecule has 7 heteroatoms. The Labute approximate surface area is 142 Å². The van der Waals surface area contributed by atoms with Crippen molar-refractivity contribution in [2.75, 3.05) is 31.7 Å². The van der Waals surface area contributed by atoms with Crippen molar-refractivity contribution in [1.82, 2.24) is 15.0 Å². The second-order valence-corrected chi connectivity index (χ2v) is 5.41. The van der Waals surface area contributed by atoms with E-state index in [0.717, 1.165) is 13.1 Å². The van der Waals surface area contributed by atoms with Gasteiger partial charge in [-0.1, -0.05) is 12.3 Å². The van der Waals surface area contributed by atoms with Gasteiger partial charge in [0.1, 0.15) is 0 Å². The summed E-state index contributed by atoms with van der Waals surface area (Å²) in [6, 6.07) is 0. The quantitative estimate of drug-likeness (QED) is 0.489. The molecule has 23 heavy (non-hydrogen) atoms. The molecule has 1 saturated heterocycles. The molecular formula is C16H23ClN4O2. The van der Waals surface area contributed by atoms with Crippen molar-refractivity contribution < 1.29 is 9.47 Å². The Bertz CT molecular complexity index is 547. The first kappa shape index (κ1) is 18.0. The van der Waals surface area contributed by atoms with Crippen molar-refractivity contribution in [3.63, 3.8) is 0 Å². The van der Waals surface area contributed by atoms with Crippen molar-refractivity contribution in [1.29, 1.82) is 0 Å². The van der Waals surface area contributed by atoms with Crippen LogP contribution in [0.15, 0.2) is 6.20 Å². The van der Waals surface area contributed by atoms with Crippen LogP contribution in [-0.4, -0.2) is 47.6 Å². The van der Waals surface area contributed by atoms with Gasteiger partial charge >= 0.3 is 0 Å². The molecule has 0 aliphatic carbocycles. The van der Waals surface area contributed by atoms with Gasteiger partial charge in [0.25, 0.3) is 0 Å². The molecule has 0 atom stereocenters. The van der Waals surface area contributed by atoms with E-state index >= 15 is 0 Å². The highest BCUT2D eigenvalue weighted by Gasteiger charge is 2.13. The summed E-state index contributed by atoms with van der Waals surface area (Å²) in [6.45, 7) is 6.85. The molecule has 0 amide bonds. The van der Waals surface area contributed by atoms with E-state index in [-0.39, 0.29) is 5.28 Å². The summed E-state index contributed by atoms with van der Waals surface area (Å²) in [6.07, 6.45) is 4.67. The summed E-state index contributed by atoms with van der Waals surface area (Å²) >= 11 is 5.92. The number of halogens is 1. The van der Waals surface area contributed by atoms with Crippen LogP contribution in [0, 0.1) is 11.8 Å². The predicted octanol–water partition coefficient (Wildman–Crippen LogP) is 2.69. The lowest BCUT2D eigenvalue weighted by atomic mass is 10.2. The maximum Gasteiger partial charge on any atom is 0.224 e. The second-order valence-electron chi connectivity index (χ2n) is 5.07. The van der Waals surface area contributed by atoms with E-state index in [9.17, 15) is 0 Å². The van der Waals surface area contributed by atoms with E-state index in [2.05, 4.69) is 32.2 Å². The van der Waals surface area contributed by atoms with Crippen LogP contribution in [0.25, 0.3) is 0 Å². The van der Waals surface area contributed by atoms with E-state index < -0.39 is 6.29 Å². The van der Waals surface area contributed by atoms with Gasteiger partial charge in [0.2, 0.25) is 11.6 Å². The van der Waals surface area contributed by atoms with Gasteiger partial charge in [-0.15, -0.1) is 0 Å². The summed E-state index contributed by atoms with van der Waals surface area (Å²) in [7, 11) is 0. The molecule has 6 nitrogen and oxygen atoms in total. The molecule has 1 aliphatic rings. The summed E-state index contributed by atoms with van der Waals surface area (Å²) < 4.78 is 10.8. The summed E-state index contributed by atoms with van der Waals surface area (Å²) in [4.78, 5) is 8.27. The molecule has 1 aromatic heterocycles. The Balaban J connectivity index is 2.14. The molecule has 1 N–H and O–H groups in total. The third kappa shape index (κ3) is 5.96. The van der Waals surface area contributed by atoms with Gasteiger partial charge in [-0.25, -0.2) is 9.99 Å². The summed E-state index contributed by atoms with van der Waals surface area (Å²) in [5.74, 6) is 6.60. The molecule has 126 valence electrons. The predicted molar refractivity (Wildman–Crippen MR) is 90.0 cm³/mol. The van der Waals surface area contributed by atoms with E-state index in [1.165, 1.54) is 19.3 Å². The molecule has 0 aromatic carbocycles. The molecule has 0 radical (unpaired) electrons. The van der Waals surface area contributed by atoms with Gasteiger partial charge in [0.15, 0.2) is 5.82 Å².